The van der Waals surface area contributed by atoms with E-state index in [0.717, 1.165) is 28.8 Å². The van der Waals surface area contributed by atoms with Crippen LogP contribution >= 0.6 is 11.3 Å². The first kappa shape index (κ1) is 24.5. The molecule has 1 aliphatic rings. The summed E-state index contributed by atoms with van der Waals surface area (Å²) in [6.45, 7) is 1.25. The first-order chi connectivity index (χ1) is 17.1. The highest BCUT2D eigenvalue weighted by atomic mass is 32.1. The number of rotatable bonds is 9. The molecule has 0 radical (unpaired) electrons. The molecule has 0 aliphatic carbocycles. The lowest BCUT2D eigenvalue weighted by Gasteiger charge is -2.29. The first-order valence-electron chi connectivity index (χ1n) is 11.6. The monoisotopic (exact) mass is 491 g/mol. The molecular formula is C27H29N3O4S. The van der Waals surface area contributed by atoms with E-state index in [1.54, 1.807) is 47.9 Å². The smallest absolute Gasteiger partial charge is 0.247 e. The highest BCUT2D eigenvalue weighted by Gasteiger charge is 2.30. The van der Waals surface area contributed by atoms with Gasteiger partial charge in [-0.25, -0.2) is 0 Å². The van der Waals surface area contributed by atoms with Gasteiger partial charge in [0.05, 0.1) is 7.11 Å². The summed E-state index contributed by atoms with van der Waals surface area (Å²) in [5, 5.41) is 4.91. The van der Waals surface area contributed by atoms with E-state index in [-0.39, 0.29) is 18.4 Å². The number of ether oxygens (including phenoxy) is 2. The van der Waals surface area contributed by atoms with Gasteiger partial charge in [-0.15, -0.1) is 11.3 Å². The molecular weight excluding hydrogens is 462 g/mol. The van der Waals surface area contributed by atoms with Gasteiger partial charge in [0.25, 0.3) is 0 Å². The summed E-state index contributed by atoms with van der Waals surface area (Å²) in [6, 6.07) is 12.7. The molecule has 3 aromatic rings. The van der Waals surface area contributed by atoms with E-state index in [4.69, 9.17) is 9.47 Å². The fourth-order valence-electron chi connectivity index (χ4n) is 3.97. The van der Waals surface area contributed by atoms with Gasteiger partial charge in [0.1, 0.15) is 12.6 Å². The van der Waals surface area contributed by atoms with Crippen molar-refractivity contribution in [2.75, 3.05) is 13.7 Å². The quantitative estimate of drug-likeness (QED) is 0.448. The molecule has 0 spiro atoms. The molecule has 0 bridgehead atoms. The Labute approximate surface area is 209 Å². The summed E-state index contributed by atoms with van der Waals surface area (Å²) in [5.41, 5.74) is 1.78. The molecule has 2 amide bonds. The number of amides is 2. The zero-order chi connectivity index (χ0) is 24.5. The predicted octanol–water partition coefficient (Wildman–Crippen LogP) is 4.44. The Morgan fingerprint density at radius 2 is 2.11 bits per heavy atom. The summed E-state index contributed by atoms with van der Waals surface area (Å²) in [4.78, 5) is 32.9. The Bertz CT molecular complexity index is 1150. The minimum atomic E-state index is -0.528. The zero-order valence-electron chi connectivity index (χ0n) is 19.7. The van der Waals surface area contributed by atoms with Gasteiger partial charge < -0.3 is 19.7 Å². The summed E-state index contributed by atoms with van der Waals surface area (Å²) < 4.78 is 11.5. The Hall–Kier alpha value is -3.65. The third-order valence-corrected chi connectivity index (χ3v) is 6.63. The SMILES string of the molecule is COc1ccc(CN(C(=O)C=Cc2cccs2)[C@H]2CCCCNC2=O)cc1OCc1cccnc1. The first-order valence-corrected chi connectivity index (χ1v) is 12.5. The van der Waals surface area contributed by atoms with Gasteiger partial charge >= 0.3 is 0 Å². The van der Waals surface area contributed by atoms with Crippen molar-refractivity contribution >= 4 is 29.2 Å². The molecule has 0 unspecified atom stereocenters. The lowest BCUT2D eigenvalue weighted by Crippen LogP contribution is -2.47. The molecule has 35 heavy (non-hydrogen) atoms. The number of aromatic nitrogens is 1. The normalized spacial score (nSPS) is 15.9. The fraction of sp³-hybridized carbons (Fsp3) is 0.296. The van der Waals surface area contributed by atoms with Gasteiger partial charge in [0.15, 0.2) is 11.5 Å². The summed E-state index contributed by atoms with van der Waals surface area (Å²) >= 11 is 1.56. The number of nitrogens with one attached hydrogen (secondary N) is 1. The van der Waals surface area contributed by atoms with Crippen LogP contribution in [0.25, 0.3) is 6.08 Å². The van der Waals surface area contributed by atoms with E-state index in [9.17, 15) is 9.59 Å². The largest absolute Gasteiger partial charge is 0.493 e. The third kappa shape index (κ3) is 6.70. The van der Waals surface area contributed by atoms with E-state index in [2.05, 4.69) is 10.3 Å². The van der Waals surface area contributed by atoms with Crippen molar-refractivity contribution in [3.8, 4) is 11.5 Å². The lowest BCUT2D eigenvalue weighted by molar-refractivity contribution is -0.137. The Balaban J connectivity index is 1.57. The molecule has 1 N–H and O–H groups in total. The van der Waals surface area contributed by atoms with Crippen LogP contribution in [-0.2, 0) is 22.7 Å². The topological polar surface area (TPSA) is 80.8 Å². The van der Waals surface area contributed by atoms with Crippen molar-refractivity contribution in [2.24, 2.45) is 0 Å². The van der Waals surface area contributed by atoms with Crippen LogP contribution in [0.15, 0.2) is 66.3 Å². The molecule has 1 aliphatic heterocycles. The van der Waals surface area contributed by atoms with Crippen molar-refractivity contribution in [3.05, 3.63) is 82.3 Å². The molecule has 4 rings (SSSR count). The van der Waals surface area contributed by atoms with Crippen molar-refractivity contribution in [1.29, 1.82) is 0 Å². The molecule has 3 heterocycles. The van der Waals surface area contributed by atoms with Crippen LogP contribution in [0.5, 0.6) is 11.5 Å². The standard InChI is InChI=1S/C27H29N3O4S/c1-33-24-11-9-20(16-25(24)34-19-21-6-4-13-28-17-21)18-30(23-8-2-3-14-29-27(23)32)26(31)12-10-22-7-5-15-35-22/h4-7,9-13,15-17,23H,2-3,8,14,18-19H2,1H3,(H,29,32)/t23-/m0/s1. The number of thiophene rings is 1. The molecule has 1 saturated heterocycles. The average molecular weight is 492 g/mol. The maximum Gasteiger partial charge on any atom is 0.247 e. The molecule has 1 fully saturated rings. The number of hydrogen-bond donors (Lipinski definition) is 1. The van der Waals surface area contributed by atoms with E-state index >= 15 is 0 Å². The van der Waals surface area contributed by atoms with E-state index < -0.39 is 6.04 Å². The van der Waals surface area contributed by atoms with Crippen molar-refractivity contribution < 1.29 is 19.1 Å². The second-order valence-electron chi connectivity index (χ2n) is 8.25. The van der Waals surface area contributed by atoms with Crippen molar-refractivity contribution in [2.45, 2.75) is 38.5 Å². The number of hydrogen-bond acceptors (Lipinski definition) is 6. The maximum atomic E-state index is 13.3. The van der Waals surface area contributed by atoms with Gasteiger partial charge in [0, 0.05) is 42.0 Å². The minimum Gasteiger partial charge on any atom is -0.493 e. The van der Waals surface area contributed by atoms with Crippen LogP contribution in [-0.4, -0.2) is 41.4 Å². The number of methoxy groups -OCH3 is 1. The van der Waals surface area contributed by atoms with Crippen LogP contribution in [0.3, 0.4) is 0 Å². The van der Waals surface area contributed by atoms with Crippen molar-refractivity contribution in [3.63, 3.8) is 0 Å². The van der Waals surface area contributed by atoms with Gasteiger partial charge in [-0.1, -0.05) is 18.2 Å². The van der Waals surface area contributed by atoms with Gasteiger partial charge in [-0.05, 0) is 60.5 Å². The van der Waals surface area contributed by atoms with E-state index in [1.807, 2.05) is 47.8 Å². The lowest BCUT2D eigenvalue weighted by atomic mass is 10.1. The van der Waals surface area contributed by atoms with Crippen molar-refractivity contribution in [1.82, 2.24) is 15.2 Å². The molecule has 1 atom stereocenters. The Morgan fingerprint density at radius 1 is 1.20 bits per heavy atom. The molecule has 182 valence electrons. The number of carbonyl (C=O) groups excluding carboxylic acids is 2. The van der Waals surface area contributed by atoms with Crippen LogP contribution in [0, 0.1) is 0 Å². The third-order valence-electron chi connectivity index (χ3n) is 5.80. The number of carbonyl (C=O) groups is 2. The highest BCUT2D eigenvalue weighted by molar-refractivity contribution is 7.10. The molecule has 1 aromatic carbocycles. The maximum absolute atomic E-state index is 13.3. The number of nitrogens with zero attached hydrogens (tertiary/aromatic N) is 2. The zero-order valence-corrected chi connectivity index (χ0v) is 20.5. The highest BCUT2D eigenvalue weighted by Crippen LogP contribution is 2.30. The van der Waals surface area contributed by atoms with Crippen LogP contribution in [0.4, 0.5) is 0 Å². The van der Waals surface area contributed by atoms with Gasteiger partial charge in [-0.2, -0.15) is 0 Å². The Morgan fingerprint density at radius 3 is 2.89 bits per heavy atom. The van der Waals surface area contributed by atoms with E-state index in [1.165, 1.54) is 0 Å². The second kappa shape index (κ2) is 12.2. The van der Waals surface area contributed by atoms with Gasteiger partial charge in [0.2, 0.25) is 11.8 Å². The minimum absolute atomic E-state index is 0.109. The number of pyridine rings is 1. The number of benzene rings is 1. The van der Waals surface area contributed by atoms with Gasteiger partial charge in [-0.3, -0.25) is 14.6 Å². The molecule has 2 aromatic heterocycles. The van der Waals surface area contributed by atoms with Crippen LogP contribution < -0.4 is 14.8 Å². The summed E-state index contributed by atoms with van der Waals surface area (Å²) in [5.74, 6) is 0.858. The second-order valence-corrected chi connectivity index (χ2v) is 9.23. The van der Waals surface area contributed by atoms with Crippen LogP contribution in [0.1, 0.15) is 35.3 Å². The molecule has 7 nitrogen and oxygen atoms in total. The van der Waals surface area contributed by atoms with E-state index in [0.29, 0.717) is 31.1 Å². The predicted molar refractivity (Wildman–Crippen MR) is 136 cm³/mol. The molecule has 8 heteroatoms. The fourth-order valence-corrected chi connectivity index (χ4v) is 4.59. The summed E-state index contributed by atoms with van der Waals surface area (Å²) in [7, 11) is 1.59. The summed E-state index contributed by atoms with van der Waals surface area (Å²) in [6.07, 6.45) is 9.23. The van der Waals surface area contributed by atoms with Crippen LogP contribution in [0.2, 0.25) is 0 Å². The molecule has 0 saturated carbocycles. The Kier molecular flexibility index (Phi) is 8.51. The average Bonchev–Trinajstić information content (AvgIpc) is 3.32.